The molecule has 0 saturated carbocycles. The second-order valence-electron chi connectivity index (χ2n) is 4.23. The van der Waals surface area contributed by atoms with Crippen LogP contribution in [0.4, 0.5) is 5.69 Å². The fourth-order valence-corrected chi connectivity index (χ4v) is 2.23. The molecule has 0 aliphatic carbocycles. The number of Topliss-reactive ketones (excluding diaryl/α,β-unsaturated/α-hetero) is 1. The fourth-order valence-electron chi connectivity index (χ4n) is 1.85. The molecule has 0 aliphatic heterocycles. The van der Waals surface area contributed by atoms with Crippen LogP contribution in [0.15, 0.2) is 29.0 Å². The maximum absolute atomic E-state index is 12.2. The molecule has 5 nitrogen and oxygen atoms in total. The highest BCUT2D eigenvalue weighted by atomic mass is 79.9. The molecule has 100 valence electrons. The Morgan fingerprint density at radius 3 is 2.95 bits per heavy atom. The maximum Gasteiger partial charge on any atom is 0.172 e. The van der Waals surface area contributed by atoms with Crippen molar-refractivity contribution in [2.45, 2.75) is 26.3 Å². The number of aromatic nitrogens is 3. The first-order valence-corrected chi connectivity index (χ1v) is 6.86. The van der Waals surface area contributed by atoms with Crippen molar-refractivity contribution in [3.8, 4) is 0 Å². The fraction of sp³-hybridized carbons (Fsp3) is 0.308. The second kappa shape index (κ2) is 5.97. The van der Waals surface area contributed by atoms with E-state index >= 15 is 0 Å². The third kappa shape index (κ3) is 3.20. The van der Waals surface area contributed by atoms with Crippen LogP contribution in [0.25, 0.3) is 0 Å². The topological polar surface area (TPSA) is 73.8 Å². The van der Waals surface area contributed by atoms with Gasteiger partial charge in [0.05, 0.1) is 6.42 Å². The van der Waals surface area contributed by atoms with E-state index in [9.17, 15) is 4.79 Å². The summed E-state index contributed by atoms with van der Waals surface area (Å²) in [5.74, 6) is 0.629. The number of carbonyl (C=O) groups is 1. The van der Waals surface area contributed by atoms with Crippen LogP contribution in [0.5, 0.6) is 0 Å². The Labute approximate surface area is 120 Å². The van der Waals surface area contributed by atoms with Gasteiger partial charge in [0.15, 0.2) is 5.78 Å². The molecule has 2 rings (SSSR count). The van der Waals surface area contributed by atoms with Crippen molar-refractivity contribution < 1.29 is 4.79 Å². The van der Waals surface area contributed by atoms with Crippen molar-refractivity contribution in [3.05, 3.63) is 40.4 Å². The molecule has 0 bridgehead atoms. The third-order valence-electron chi connectivity index (χ3n) is 2.76. The van der Waals surface area contributed by atoms with E-state index in [1.54, 1.807) is 22.9 Å². The van der Waals surface area contributed by atoms with E-state index in [0.29, 0.717) is 17.1 Å². The van der Waals surface area contributed by atoms with Gasteiger partial charge in [-0.1, -0.05) is 22.9 Å². The summed E-state index contributed by atoms with van der Waals surface area (Å²) < 4.78 is 2.61. The lowest BCUT2D eigenvalue weighted by atomic mass is 10.1. The summed E-state index contributed by atoms with van der Waals surface area (Å²) in [6, 6.07) is 5.26. The quantitative estimate of drug-likeness (QED) is 0.677. The van der Waals surface area contributed by atoms with Gasteiger partial charge in [0.25, 0.3) is 0 Å². The molecule has 0 amide bonds. The number of ketones is 1. The molecule has 0 fully saturated rings. The Hall–Kier alpha value is -1.69. The molecule has 0 atom stereocenters. The number of anilines is 1. The molecule has 0 aliphatic rings. The van der Waals surface area contributed by atoms with Crippen LogP contribution in [0.3, 0.4) is 0 Å². The van der Waals surface area contributed by atoms with Gasteiger partial charge < -0.3 is 5.73 Å². The number of nitrogen functional groups attached to an aromatic ring is 1. The van der Waals surface area contributed by atoms with Crippen LogP contribution < -0.4 is 5.73 Å². The highest BCUT2D eigenvalue weighted by Crippen LogP contribution is 2.20. The average Bonchev–Trinajstić information content (AvgIpc) is 2.77. The standard InChI is InChI=1S/C13H15BrN4O/c1-2-5-18-13(16-8-17-18)7-12(19)10-4-3-9(14)6-11(10)15/h3-4,6,8H,2,5,7,15H2,1H3. The zero-order valence-electron chi connectivity index (χ0n) is 10.6. The summed E-state index contributed by atoms with van der Waals surface area (Å²) in [4.78, 5) is 16.4. The molecule has 0 saturated heterocycles. The third-order valence-corrected chi connectivity index (χ3v) is 3.26. The predicted octanol–water partition coefficient (Wildman–Crippen LogP) is 2.46. The van der Waals surface area contributed by atoms with E-state index in [-0.39, 0.29) is 12.2 Å². The number of nitrogens with two attached hydrogens (primary N) is 1. The van der Waals surface area contributed by atoms with Gasteiger partial charge in [-0.2, -0.15) is 5.10 Å². The molecule has 1 aromatic heterocycles. The molecular formula is C13H15BrN4O. The number of carbonyl (C=O) groups excluding carboxylic acids is 1. The minimum Gasteiger partial charge on any atom is -0.398 e. The van der Waals surface area contributed by atoms with E-state index in [2.05, 4.69) is 32.9 Å². The summed E-state index contributed by atoms with van der Waals surface area (Å²) in [7, 11) is 0. The van der Waals surface area contributed by atoms with Crippen LogP contribution in [0, 0.1) is 0 Å². The van der Waals surface area contributed by atoms with Crippen LogP contribution in [-0.2, 0) is 13.0 Å². The number of halogens is 1. The van der Waals surface area contributed by atoms with Crippen molar-refractivity contribution in [1.82, 2.24) is 14.8 Å². The number of rotatable bonds is 5. The molecule has 0 spiro atoms. The van der Waals surface area contributed by atoms with E-state index < -0.39 is 0 Å². The first-order valence-electron chi connectivity index (χ1n) is 6.06. The zero-order valence-corrected chi connectivity index (χ0v) is 12.2. The Balaban J connectivity index is 2.18. The van der Waals surface area contributed by atoms with Gasteiger partial charge in [-0.15, -0.1) is 0 Å². The van der Waals surface area contributed by atoms with Gasteiger partial charge in [-0.3, -0.25) is 4.79 Å². The van der Waals surface area contributed by atoms with Gasteiger partial charge in [-0.05, 0) is 24.6 Å². The van der Waals surface area contributed by atoms with Gasteiger partial charge in [0.1, 0.15) is 12.2 Å². The molecular weight excluding hydrogens is 308 g/mol. The first-order chi connectivity index (χ1) is 9.11. The normalized spacial score (nSPS) is 10.6. The number of hydrogen-bond donors (Lipinski definition) is 1. The Morgan fingerprint density at radius 2 is 2.26 bits per heavy atom. The van der Waals surface area contributed by atoms with Crippen LogP contribution in [-0.4, -0.2) is 20.5 Å². The molecule has 2 N–H and O–H groups in total. The second-order valence-corrected chi connectivity index (χ2v) is 5.15. The highest BCUT2D eigenvalue weighted by Gasteiger charge is 2.14. The number of hydrogen-bond acceptors (Lipinski definition) is 4. The van der Waals surface area contributed by atoms with Crippen molar-refractivity contribution in [2.24, 2.45) is 0 Å². The maximum atomic E-state index is 12.2. The van der Waals surface area contributed by atoms with Gasteiger partial charge in [-0.25, -0.2) is 9.67 Å². The molecule has 0 unspecified atom stereocenters. The summed E-state index contributed by atoms with van der Waals surface area (Å²) >= 11 is 3.32. The Bertz CT molecular complexity index is 594. The Kier molecular flexibility index (Phi) is 4.31. The van der Waals surface area contributed by atoms with E-state index in [1.807, 2.05) is 0 Å². The van der Waals surface area contributed by atoms with E-state index in [0.717, 1.165) is 17.4 Å². The van der Waals surface area contributed by atoms with Crippen LogP contribution in [0.2, 0.25) is 0 Å². The van der Waals surface area contributed by atoms with Crippen molar-refractivity contribution in [1.29, 1.82) is 0 Å². The van der Waals surface area contributed by atoms with E-state index in [1.165, 1.54) is 6.33 Å². The molecule has 1 aromatic carbocycles. The van der Waals surface area contributed by atoms with Crippen molar-refractivity contribution in [2.75, 3.05) is 5.73 Å². The lowest BCUT2D eigenvalue weighted by Gasteiger charge is -2.06. The van der Waals surface area contributed by atoms with Gasteiger partial charge in [0.2, 0.25) is 0 Å². The number of aryl methyl sites for hydroxylation is 1. The predicted molar refractivity (Wildman–Crippen MR) is 76.9 cm³/mol. The monoisotopic (exact) mass is 322 g/mol. The van der Waals surface area contributed by atoms with E-state index in [4.69, 9.17) is 5.73 Å². The van der Waals surface area contributed by atoms with Crippen molar-refractivity contribution >= 4 is 27.4 Å². The van der Waals surface area contributed by atoms with Gasteiger partial charge >= 0.3 is 0 Å². The minimum absolute atomic E-state index is 0.0460. The number of nitrogens with zero attached hydrogens (tertiary/aromatic N) is 3. The lowest BCUT2D eigenvalue weighted by Crippen LogP contribution is -2.13. The average molecular weight is 323 g/mol. The summed E-state index contributed by atoms with van der Waals surface area (Å²) in [5.41, 5.74) is 6.85. The summed E-state index contributed by atoms with van der Waals surface area (Å²) in [6.07, 6.45) is 2.64. The zero-order chi connectivity index (χ0) is 13.8. The molecule has 6 heteroatoms. The molecule has 19 heavy (non-hydrogen) atoms. The largest absolute Gasteiger partial charge is 0.398 e. The van der Waals surface area contributed by atoms with Gasteiger partial charge in [0, 0.05) is 22.3 Å². The molecule has 1 heterocycles. The Morgan fingerprint density at radius 1 is 1.47 bits per heavy atom. The smallest absolute Gasteiger partial charge is 0.172 e. The minimum atomic E-state index is -0.0460. The van der Waals surface area contributed by atoms with Crippen molar-refractivity contribution in [3.63, 3.8) is 0 Å². The molecule has 0 radical (unpaired) electrons. The lowest BCUT2D eigenvalue weighted by molar-refractivity contribution is 0.0990. The van der Waals surface area contributed by atoms with Crippen LogP contribution in [0.1, 0.15) is 29.5 Å². The SMILES string of the molecule is CCCn1ncnc1CC(=O)c1ccc(Br)cc1N. The van der Waals surface area contributed by atoms with Crippen LogP contribution >= 0.6 is 15.9 Å². The highest BCUT2D eigenvalue weighted by molar-refractivity contribution is 9.10. The number of benzene rings is 1. The first kappa shape index (κ1) is 13.7. The summed E-state index contributed by atoms with van der Waals surface area (Å²) in [6.45, 7) is 2.82. The summed E-state index contributed by atoms with van der Waals surface area (Å²) in [5, 5.41) is 4.10. The molecule has 2 aromatic rings.